The van der Waals surface area contributed by atoms with Crippen molar-refractivity contribution in [1.29, 1.82) is 0 Å². The molecule has 0 amide bonds. The Morgan fingerprint density at radius 3 is 2.47 bits per heavy atom. The minimum Gasteiger partial charge on any atom is -0.493 e. The van der Waals surface area contributed by atoms with Gasteiger partial charge >= 0.3 is 5.97 Å². The van der Waals surface area contributed by atoms with E-state index in [1.807, 2.05) is 6.92 Å². The highest BCUT2D eigenvalue weighted by Crippen LogP contribution is 2.44. The van der Waals surface area contributed by atoms with E-state index in [9.17, 15) is 4.79 Å². The van der Waals surface area contributed by atoms with Gasteiger partial charge in [0.05, 0.1) is 6.61 Å². The molecule has 0 fully saturated rings. The Balaban J connectivity index is 2.27. The molecule has 170 valence electrons. The second kappa shape index (κ2) is 10.4. The summed E-state index contributed by atoms with van der Waals surface area (Å²) in [6, 6.07) is 13.1. The standard InChI is InChI=1S/C28H34O3S/c1-7-8-12-31-28-22(18(4)5)14-20(17(2)3)15-24(28)21-10-9-11-25-23(21)16-26(32-25)19(6)13-27(29)30/h9-11,13-18H,7-8,12H2,1-6H3,(H,29,30)/b19-13+. The van der Waals surface area contributed by atoms with Gasteiger partial charge in [-0.15, -0.1) is 11.3 Å². The number of thiophene rings is 1. The maximum atomic E-state index is 11.2. The van der Waals surface area contributed by atoms with Crippen LogP contribution in [0.25, 0.3) is 26.8 Å². The first kappa shape index (κ1) is 24.1. The second-order valence-corrected chi connectivity index (χ2v) is 10.1. The van der Waals surface area contributed by atoms with Crippen molar-refractivity contribution in [3.8, 4) is 16.9 Å². The summed E-state index contributed by atoms with van der Waals surface area (Å²) in [7, 11) is 0. The van der Waals surface area contributed by atoms with Crippen molar-refractivity contribution >= 4 is 33.0 Å². The molecule has 32 heavy (non-hydrogen) atoms. The van der Waals surface area contributed by atoms with E-state index >= 15 is 0 Å². The fraction of sp³-hybridized carbons (Fsp3) is 0.393. The molecule has 0 aliphatic carbocycles. The Hall–Kier alpha value is -2.59. The Kier molecular flexibility index (Phi) is 7.78. The summed E-state index contributed by atoms with van der Waals surface area (Å²) in [4.78, 5) is 12.1. The number of carbonyl (C=O) groups is 1. The van der Waals surface area contributed by atoms with Gasteiger partial charge in [-0.05, 0) is 65.6 Å². The van der Waals surface area contributed by atoms with Gasteiger partial charge in [0.2, 0.25) is 0 Å². The van der Waals surface area contributed by atoms with Crippen LogP contribution in [-0.4, -0.2) is 17.7 Å². The topological polar surface area (TPSA) is 46.5 Å². The zero-order valence-electron chi connectivity index (χ0n) is 20.0. The van der Waals surface area contributed by atoms with E-state index in [2.05, 4.69) is 71.0 Å². The lowest BCUT2D eigenvalue weighted by molar-refractivity contribution is -0.131. The molecule has 0 atom stereocenters. The van der Waals surface area contributed by atoms with Gasteiger partial charge in [-0.1, -0.05) is 59.2 Å². The summed E-state index contributed by atoms with van der Waals surface area (Å²) < 4.78 is 7.58. The minimum absolute atomic E-state index is 0.349. The third kappa shape index (κ3) is 5.24. The number of rotatable bonds is 9. The van der Waals surface area contributed by atoms with E-state index in [4.69, 9.17) is 9.84 Å². The molecule has 0 unspecified atom stereocenters. The van der Waals surface area contributed by atoms with Crippen LogP contribution in [0.15, 0.2) is 42.5 Å². The summed E-state index contributed by atoms with van der Waals surface area (Å²) >= 11 is 1.63. The quantitative estimate of drug-likeness (QED) is 0.263. The number of unbranched alkanes of at least 4 members (excludes halogenated alkanes) is 1. The predicted octanol–water partition coefficient (Wildman–Crippen LogP) is 8.48. The van der Waals surface area contributed by atoms with Crippen molar-refractivity contribution in [2.45, 2.75) is 66.2 Å². The van der Waals surface area contributed by atoms with E-state index in [0.29, 0.717) is 18.4 Å². The van der Waals surface area contributed by atoms with Crippen LogP contribution >= 0.6 is 11.3 Å². The van der Waals surface area contributed by atoms with Crippen LogP contribution in [0.1, 0.15) is 82.2 Å². The summed E-state index contributed by atoms with van der Waals surface area (Å²) in [5.74, 6) is 0.824. The van der Waals surface area contributed by atoms with Gasteiger partial charge in [-0.25, -0.2) is 4.79 Å². The molecular weight excluding hydrogens is 416 g/mol. The molecule has 0 bridgehead atoms. The number of fused-ring (bicyclic) bond motifs is 1. The summed E-state index contributed by atoms with van der Waals surface area (Å²) in [6.07, 6.45) is 3.39. The van der Waals surface area contributed by atoms with Crippen molar-refractivity contribution < 1.29 is 14.6 Å². The Bertz CT molecular complexity index is 1140. The monoisotopic (exact) mass is 450 g/mol. The lowest BCUT2D eigenvalue weighted by Crippen LogP contribution is -2.05. The number of ether oxygens (including phenoxy) is 1. The zero-order chi connectivity index (χ0) is 23.4. The third-order valence-electron chi connectivity index (χ3n) is 5.75. The molecule has 3 nitrogen and oxygen atoms in total. The van der Waals surface area contributed by atoms with Crippen molar-refractivity contribution in [3.63, 3.8) is 0 Å². The molecule has 1 N–H and O–H groups in total. The Morgan fingerprint density at radius 2 is 1.84 bits per heavy atom. The lowest BCUT2D eigenvalue weighted by atomic mass is 9.88. The van der Waals surface area contributed by atoms with Crippen LogP contribution in [0.3, 0.4) is 0 Å². The molecule has 2 aromatic carbocycles. The number of aliphatic carboxylic acids is 1. The van der Waals surface area contributed by atoms with Gasteiger partial charge < -0.3 is 9.84 Å². The second-order valence-electron chi connectivity index (χ2n) is 8.99. The highest BCUT2D eigenvalue weighted by atomic mass is 32.1. The number of carboxylic acid groups (broad SMARTS) is 1. The maximum Gasteiger partial charge on any atom is 0.328 e. The molecule has 3 rings (SSSR count). The lowest BCUT2D eigenvalue weighted by Gasteiger charge is -2.22. The number of hydrogen-bond donors (Lipinski definition) is 1. The van der Waals surface area contributed by atoms with Crippen LogP contribution < -0.4 is 4.74 Å². The highest BCUT2D eigenvalue weighted by Gasteiger charge is 2.20. The molecule has 4 heteroatoms. The summed E-state index contributed by atoms with van der Waals surface area (Å²) in [5.41, 5.74) is 5.59. The molecule has 0 aliphatic rings. The molecule has 3 aromatic rings. The number of allylic oxidation sites excluding steroid dienone is 1. The van der Waals surface area contributed by atoms with E-state index < -0.39 is 5.97 Å². The van der Waals surface area contributed by atoms with Gasteiger partial charge in [0.25, 0.3) is 0 Å². The molecule has 0 radical (unpaired) electrons. The number of benzene rings is 2. The van der Waals surface area contributed by atoms with Crippen LogP contribution in [0.4, 0.5) is 0 Å². The largest absolute Gasteiger partial charge is 0.493 e. The Morgan fingerprint density at radius 1 is 1.09 bits per heavy atom. The van der Waals surface area contributed by atoms with Crippen molar-refractivity contribution in [2.24, 2.45) is 0 Å². The van der Waals surface area contributed by atoms with Crippen LogP contribution in [0.2, 0.25) is 0 Å². The molecule has 0 saturated heterocycles. The minimum atomic E-state index is -0.919. The predicted molar refractivity (Wildman–Crippen MR) is 137 cm³/mol. The summed E-state index contributed by atoms with van der Waals surface area (Å²) in [6.45, 7) is 13.6. The van der Waals surface area contributed by atoms with Crippen LogP contribution in [-0.2, 0) is 4.79 Å². The van der Waals surface area contributed by atoms with Crippen LogP contribution in [0.5, 0.6) is 5.75 Å². The molecule has 0 spiro atoms. The van der Waals surface area contributed by atoms with Gasteiger partial charge in [-0.2, -0.15) is 0 Å². The van der Waals surface area contributed by atoms with Crippen molar-refractivity contribution in [2.75, 3.05) is 6.61 Å². The van der Waals surface area contributed by atoms with E-state index in [-0.39, 0.29) is 0 Å². The molecule has 0 saturated carbocycles. The highest BCUT2D eigenvalue weighted by molar-refractivity contribution is 7.20. The SMILES string of the molecule is CCCCOc1c(-c2cccc3sc(/C(C)=C/C(=O)O)cc23)cc(C(C)C)cc1C(C)C. The fourth-order valence-corrected chi connectivity index (χ4v) is 4.92. The first-order valence-corrected chi connectivity index (χ1v) is 12.3. The molecule has 1 aromatic heterocycles. The van der Waals surface area contributed by atoms with E-state index in [1.54, 1.807) is 11.3 Å². The number of hydrogen-bond acceptors (Lipinski definition) is 3. The Labute approximate surface area is 195 Å². The van der Waals surface area contributed by atoms with E-state index in [0.717, 1.165) is 50.3 Å². The number of carboxylic acids is 1. The van der Waals surface area contributed by atoms with Gasteiger partial charge in [0, 0.05) is 26.6 Å². The smallest absolute Gasteiger partial charge is 0.328 e. The normalized spacial score (nSPS) is 12.2. The van der Waals surface area contributed by atoms with Crippen LogP contribution in [0, 0.1) is 0 Å². The molecule has 1 heterocycles. The zero-order valence-corrected chi connectivity index (χ0v) is 20.8. The van der Waals surface area contributed by atoms with E-state index in [1.165, 1.54) is 17.2 Å². The molecule has 0 aliphatic heterocycles. The molecular formula is C28H34O3S. The summed E-state index contributed by atoms with van der Waals surface area (Å²) in [5, 5.41) is 10.3. The first-order valence-electron chi connectivity index (χ1n) is 11.5. The van der Waals surface area contributed by atoms with Gasteiger partial charge in [-0.3, -0.25) is 0 Å². The third-order valence-corrected chi connectivity index (χ3v) is 6.99. The van der Waals surface area contributed by atoms with Crippen molar-refractivity contribution in [1.82, 2.24) is 0 Å². The van der Waals surface area contributed by atoms with Gasteiger partial charge in [0.1, 0.15) is 5.75 Å². The maximum absolute atomic E-state index is 11.2. The first-order chi connectivity index (χ1) is 15.2. The van der Waals surface area contributed by atoms with Crippen molar-refractivity contribution in [3.05, 3.63) is 58.5 Å². The average molecular weight is 451 g/mol. The average Bonchev–Trinajstić information content (AvgIpc) is 3.17. The fourth-order valence-electron chi connectivity index (χ4n) is 3.86. The van der Waals surface area contributed by atoms with Gasteiger partial charge in [0.15, 0.2) is 0 Å².